The minimum absolute atomic E-state index is 0.260. The Kier molecular flexibility index (Phi) is 5.23. The number of phenolic OH excluding ortho intramolecular Hbond substituents is 1. The highest BCUT2D eigenvalue weighted by molar-refractivity contribution is 5.89. The van der Waals surface area contributed by atoms with Crippen LogP contribution in [0.2, 0.25) is 0 Å². The third kappa shape index (κ3) is 3.57. The molecule has 4 rings (SSSR count). The van der Waals surface area contributed by atoms with Gasteiger partial charge in [-0.15, -0.1) is 0 Å². The van der Waals surface area contributed by atoms with Crippen molar-refractivity contribution in [3.63, 3.8) is 0 Å². The van der Waals surface area contributed by atoms with Gasteiger partial charge in [-0.2, -0.15) is 0 Å². The van der Waals surface area contributed by atoms with Crippen molar-refractivity contribution in [2.24, 2.45) is 0 Å². The molecule has 0 unspecified atom stereocenters. The predicted molar refractivity (Wildman–Crippen MR) is 112 cm³/mol. The van der Waals surface area contributed by atoms with Gasteiger partial charge < -0.3 is 9.52 Å². The molecule has 0 radical (unpaired) electrons. The van der Waals surface area contributed by atoms with Gasteiger partial charge in [0.1, 0.15) is 11.3 Å². The topological polar surface area (TPSA) is 53.7 Å². The third-order valence-electron chi connectivity index (χ3n) is 5.92. The summed E-state index contributed by atoms with van der Waals surface area (Å²) in [5.41, 5.74) is 4.53. The van der Waals surface area contributed by atoms with Crippen molar-refractivity contribution >= 4 is 11.0 Å². The lowest BCUT2D eigenvalue weighted by Gasteiger charge is -2.27. The molecule has 2 aromatic carbocycles. The summed E-state index contributed by atoms with van der Waals surface area (Å²) in [5, 5.41) is 11.8. The van der Waals surface area contributed by atoms with E-state index >= 15 is 0 Å². The van der Waals surface area contributed by atoms with E-state index in [1.54, 1.807) is 0 Å². The predicted octanol–water partition coefficient (Wildman–Crippen LogP) is 4.69. The molecular weight excluding hydrogens is 350 g/mol. The fourth-order valence-corrected chi connectivity index (χ4v) is 4.26. The average Bonchev–Trinajstić information content (AvgIpc) is 2.69. The highest BCUT2D eigenvalue weighted by atomic mass is 16.4. The van der Waals surface area contributed by atoms with Crippen molar-refractivity contribution in [3.05, 3.63) is 74.6 Å². The summed E-state index contributed by atoms with van der Waals surface area (Å²) in [4.78, 5) is 15.0. The number of benzene rings is 2. The molecule has 4 nitrogen and oxygen atoms in total. The molecule has 28 heavy (non-hydrogen) atoms. The molecule has 0 spiro atoms. The maximum absolute atomic E-state index is 12.6. The molecule has 4 heteroatoms. The van der Waals surface area contributed by atoms with Gasteiger partial charge in [0.05, 0.1) is 5.39 Å². The Balaban J connectivity index is 1.80. The third-order valence-corrected chi connectivity index (χ3v) is 5.92. The fourth-order valence-electron chi connectivity index (χ4n) is 4.26. The second kappa shape index (κ2) is 7.80. The summed E-state index contributed by atoms with van der Waals surface area (Å²) in [6.45, 7) is 6.77. The Labute approximate surface area is 165 Å². The van der Waals surface area contributed by atoms with E-state index in [2.05, 4.69) is 4.90 Å². The number of rotatable bonds is 4. The number of piperidine rings is 1. The van der Waals surface area contributed by atoms with Crippen LogP contribution in [0.1, 0.15) is 47.1 Å². The molecule has 3 aromatic rings. The molecule has 0 aliphatic carbocycles. The molecule has 1 saturated heterocycles. The SMILES string of the molecule is Cc1cc2oc(=O)c(Cc3ccccc3)c(C)c2c(O)c1CN1CCCCC1. The lowest BCUT2D eigenvalue weighted by Crippen LogP contribution is -2.29. The number of aromatic hydroxyl groups is 1. The van der Waals surface area contributed by atoms with Crippen molar-refractivity contribution < 1.29 is 9.52 Å². The summed E-state index contributed by atoms with van der Waals surface area (Å²) in [6, 6.07) is 11.8. The Morgan fingerprint density at radius 3 is 2.46 bits per heavy atom. The van der Waals surface area contributed by atoms with Crippen molar-refractivity contribution in [2.75, 3.05) is 13.1 Å². The van der Waals surface area contributed by atoms with Gasteiger partial charge in [-0.1, -0.05) is 36.8 Å². The maximum atomic E-state index is 12.6. The first kappa shape index (κ1) is 18.8. The van der Waals surface area contributed by atoms with Crippen molar-refractivity contribution in [1.82, 2.24) is 4.90 Å². The van der Waals surface area contributed by atoms with E-state index in [4.69, 9.17) is 4.42 Å². The monoisotopic (exact) mass is 377 g/mol. The standard InChI is InChI=1S/C24H27NO3/c1-16-13-21-22(23(26)20(16)15-25-11-7-4-8-12-25)17(2)19(24(27)28-21)14-18-9-5-3-6-10-18/h3,5-6,9-10,13,26H,4,7-8,11-12,14-15H2,1-2H3. The van der Waals surface area contributed by atoms with Crippen LogP contribution in [0.25, 0.3) is 11.0 Å². The Bertz CT molecular complexity index is 1050. The number of hydrogen-bond donors (Lipinski definition) is 1. The molecule has 1 aromatic heterocycles. The second-order valence-corrected chi connectivity index (χ2v) is 7.89. The van der Waals surface area contributed by atoms with Gasteiger partial charge >= 0.3 is 5.63 Å². The summed E-state index contributed by atoms with van der Waals surface area (Å²) < 4.78 is 5.62. The summed E-state index contributed by atoms with van der Waals surface area (Å²) in [5.74, 6) is 0.260. The number of likely N-dealkylation sites (tertiary alicyclic amines) is 1. The minimum atomic E-state index is -0.323. The van der Waals surface area contributed by atoms with E-state index < -0.39 is 0 Å². The molecule has 0 amide bonds. The minimum Gasteiger partial charge on any atom is -0.507 e. The lowest BCUT2D eigenvalue weighted by atomic mass is 9.95. The molecule has 0 atom stereocenters. The highest BCUT2D eigenvalue weighted by Crippen LogP contribution is 2.35. The molecule has 146 valence electrons. The van der Waals surface area contributed by atoms with Gasteiger partial charge in [-0.3, -0.25) is 4.90 Å². The van der Waals surface area contributed by atoms with Crippen LogP contribution in [-0.2, 0) is 13.0 Å². The molecule has 1 N–H and O–H groups in total. The first-order chi connectivity index (χ1) is 13.5. The van der Waals surface area contributed by atoms with Gasteiger partial charge in [-0.05, 0) is 62.5 Å². The van der Waals surface area contributed by atoms with Crippen LogP contribution in [0.15, 0.2) is 45.6 Å². The first-order valence-electron chi connectivity index (χ1n) is 10.1. The van der Waals surface area contributed by atoms with E-state index in [0.29, 0.717) is 23.0 Å². The van der Waals surface area contributed by atoms with E-state index in [0.717, 1.165) is 41.9 Å². The number of phenols is 1. The van der Waals surface area contributed by atoms with Gasteiger partial charge in [0.2, 0.25) is 0 Å². The molecule has 0 saturated carbocycles. The maximum Gasteiger partial charge on any atom is 0.340 e. The van der Waals surface area contributed by atoms with E-state index in [-0.39, 0.29) is 11.4 Å². The number of nitrogens with zero attached hydrogens (tertiary/aromatic N) is 1. The van der Waals surface area contributed by atoms with Crippen molar-refractivity contribution in [1.29, 1.82) is 0 Å². The van der Waals surface area contributed by atoms with Gasteiger partial charge in [-0.25, -0.2) is 4.79 Å². The lowest BCUT2D eigenvalue weighted by molar-refractivity contribution is 0.218. The number of aryl methyl sites for hydroxylation is 2. The number of fused-ring (bicyclic) bond motifs is 1. The van der Waals surface area contributed by atoms with Gasteiger partial charge in [0.25, 0.3) is 0 Å². The zero-order chi connectivity index (χ0) is 19.7. The van der Waals surface area contributed by atoms with Gasteiger partial charge in [0, 0.05) is 24.1 Å². The Morgan fingerprint density at radius 2 is 1.75 bits per heavy atom. The van der Waals surface area contributed by atoms with Crippen LogP contribution < -0.4 is 5.63 Å². The van der Waals surface area contributed by atoms with Crippen molar-refractivity contribution in [2.45, 2.75) is 46.1 Å². The van der Waals surface area contributed by atoms with E-state index in [9.17, 15) is 9.90 Å². The number of hydrogen-bond acceptors (Lipinski definition) is 4. The molecule has 0 bridgehead atoms. The van der Waals surface area contributed by atoms with Crippen LogP contribution in [-0.4, -0.2) is 23.1 Å². The zero-order valence-electron chi connectivity index (χ0n) is 16.6. The van der Waals surface area contributed by atoms with Gasteiger partial charge in [0.15, 0.2) is 0 Å². The fraction of sp³-hybridized carbons (Fsp3) is 0.375. The largest absolute Gasteiger partial charge is 0.507 e. The van der Waals surface area contributed by atoms with Crippen LogP contribution in [0.4, 0.5) is 0 Å². The summed E-state index contributed by atoms with van der Waals surface area (Å²) in [6.07, 6.45) is 4.21. The molecule has 2 heterocycles. The first-order valence-corrected chi connectivity index (χ1v) is 10.1. The summed E-state index contributed by atoms with van der Waals surface area (Å²) >= 11 is 0. The molecule has 1 aliphatic rings. The quantitative estimate of drug-likeness (QED) is 0.670. The zero-order valence-corrected chi connectivity index (χ0v) is 16.6. The highest BCUT2D eigenvalue weighted by Gasteiger charge is 2.21. The molecule has 1 aliphatic heterocycles. The molecule has 1 fully saturated rings. The second-order valence-electron chi connectivity index (χ2n) is 7.89. The Hall–Kier alpha value is -2.59. The summed E-state index contributed by atoms with van der Waals surface area (Å²) in [7, 11) is 0. The van der Waals surface area contributed by atoms with E-state index in [1.807, 2.05) is 50.2 Å². The van der Waals surface area contributed by atoms with Crippen LogP contribution in [0, 0.1) is 13.8 Å². The van der Waals surface area contributed by atoms with E-state index in [1.165, 1.54) is 19.3 Å². The van der Waals surface area contributed by atoms with Crippen LogP contribution >= 0.6 is 0 Å². The normalized spacial score (nSPS) is 15.2. The molecular formula is C24H27NO3. The van der Waals surface area contributed by atoms with Crippen LogP contribution in [0.5, 0.6) is 5.75 Å². The average molecular weight is 377 g/mol. The Morgan fingerprint density at radius 1 is 1.04 bits per heavy atom. The van der Waals surface area contributed by atoms with Crippen LogP contribution in [0.3, 0.4) is 0 Å². The van der Waals surface area contributed by atoms with Crippen molar-refractivity contribution in [3.8, 4) is 5.75 Å². The smallest absolute Gasteiger partial charge is 0.340 e.